The topological polar surface area (TPSA) is 58.6 Å². The standard InChI is InChI=1S/C24H14Cl2F3NO3/c25-14-6-8-20(31)17(12-14)23(32)30-19-11-13(24(27,28)29)5-9-22(19)33-21-10-7-18(26)15-3-1-2-4-16(15)21/h1-12,31H,(H,30,32). The maximum atomic E-state index is 13.3. The third-order valence-corrected chi connectivity index (χ3v) is 5.37. The van der Waals surface area contributed by atoms with Crippen LogP contribution >= 0.6 is 23.2 Å². The van der Waals surface area contributed by atoms with Crippen molar-refractivity contribution in [3.63, 3.8) is 0 Å². The Balaban J connectivity index is 1.77. The number of nitrogens with one attached hydrogen (secondary N) is 1. The van der Waals surface area contributed by atoms with Crippen molar-refractivity contribution in [1.82, 2.24) is 0 Å². The van der Waals surface area contributed by atoms with Crippen molar-refractivity contribution < 1.29 is 27.8 Å². The molecule has 0 bridgehead atoms. The van der Waals surface area contributed by atoms with Crippen LogP contribution in [0.3, 0.4) is 0 Å². The van der Waals surface area contributed by atoms with Crippen LogP contribution < -0.4 is 10.1 Å². The first-order valence-electron chi connectivity index (χ1n) is 9.49. The van der Waals surface area contributed by atoms with Crippen LogP contribution in [-0.2, 0) is 6.18 Å². The van der Waals surface area contributed by atoms with E-state index in [9.17, 15) is 23.1 Å². The molecule has 4 aromatic carbocycles. The molecule has 4 rings (SSSR count). The van der Waals surface area contributed by atoms with Gasteiger partial charge in [-0.2, -0.15) is 13.2 Å². The van der Waals surface area contributed by atoms with Crippen LogP contribution in [0.15, 0.2) is 72.8 Å². The highest BCUT2D eigenvalue weighted by molar-refractivity contribution is 6.35. The van der Waals surface area contributed by atoms with Crippen molar-refractivity contribution in [1.29, 1.82) is 0 Å². The number of fused-ring (bicyclic) bond motifs is 1. The summed E-state index contributed by atoms with van der Waals surface area (Å²) in [5.74, 6) is -0.948. The summed E-state index contributed by atoms with van der Waals surface area (Å²) in [6.07, 6.45) is -4.65. The van der Waals surface area contributed by atoms with Crippen molar-refractivity contribution >= 4 is 45.6 Å². The predicted octanol–water partition coefficient (Wildman–Crippen LogP) is 7.92. The van der Waals surface area contributed by atoms with Gasteiger partial charge in [0.1, 0.15) is 11.5 Å². The van der Waals surface area contributed by atoms with E-state index in [4.69, 9.17) is 27.9 Å². The Morgan fingerprint density at radius 1 is 0.879 bits per heavy atom. The Bertz CT molecular complexity index is 1370. The minimum atomic E-state index is -4.65. The SMILES string of the molecule is O=C(Nc1cc(C(F)(F)F)ccc1Oc1ccc(Cl)c2ccccc12)c1cc(Cl)ccc1O. The number of amides is 1. The summed E-state index contributed by atoms with van der Waals surface area (Å²) in [4.78, 5) is 12.7. The number of alkyl halides is 3. The third-order valence-electron chi connectivity index (χ3n) is 4.81. The van der Waals surface area contributed by atoms with Gasteiger partial charge < -0.3 is 15.2 Å². The van der Waals surface area contributed by atoms with E-state index in [1.807, 2.05) is 0 Å². The van der Waals surface area contributed by atoms with E-state index in [2.05, 4.69) is 5.32 Å². The lowest BCUT2D eigenvalue weighted by molar-refractivity contribution is -0.137. The van der Waals surface area contributed by atoms with Gasteiger partial charge in [-0.3, -0.25) is 4.79 Å². The molecule has 0 saturated heterocycles. The second-order valence-electron chi connectivity index (χ2n) is 7.02. The average Bonchev–Trinajstić information content (AvgIpc) is 2.77. The summed E-state index contributed by atoms with van der Waals surface area (Å²) in [7, 11) is 0. The monoisotopic (exact) mass is 491 g/mol. The first-order chi connectivity index (χ1) is 15.6. The second kappa shape index (κ2) is 8.84. The van der Waals surface area contributed by atoms with Gasteiger partial charge in [0.25, 0.3) is 5.91 Å². The van der Waals surface area contributed by atoms with Crippen molar-refractivity contribution in [3.05, 3.63) is 94.0 Å². The Morgan fingerprint density at radius 3 is 2.30 bits per heavy atom. The van der Waals surface area contributed by atoms with Gasteiger partial charge in [-0.05, 0) is 48.5 Å². The molecule has 0 aliphatic rings. The Labute approximate surface area is 196 Å². The van der Waals surface area contributed by atoms with Crippen molar-refractivity contribution in [3.8, 4) is 17.2 Å². The van der Waals surface area contributed by atoms with Crippen LogP contribution in [0.2, 0.25) is 10.0 Å². The summed E-state index contributed by atoms with van der Waals surface area (Å²) < 4.78 is 45.9. The van der Waals surface area contributed by atoms with Gasteiger partial charge in [0.15, 0.2) is 5.75 Å². The molecule has 9 heteroatoms. The zero-order valence-electron chi connectivity index (χ0n) is 16.6. The van der Waals surface area contributed by atoms with E-state index >= 15 is 0 Å². The molecule has 0 fully saturated rings. The fraction of sp³-hybridized carbons (Fsp3) is 0.0417. The van der Waals surface area contributed by atoms with Crippen molar-refractivity contribution in [2.24, 2.45) is 0 Å². The highest BCUT2D eigenvalue weighted by atomic mass is 35.5. The van der Waals surface area contributed by atoms with Gasteiger partial charge in [0.2, 0.25) is 0 Å². The van der Waals surface area contributed by atoms with Gasteiger partial charge in [0.05, 0.1) is 16.8 Å². The first kappa shape index (κ1) is 22.8. The number of anilines is 1. The number of phenols is 1. The highest BCUT2D eigenvalue weighted by Crippen LogP contribution is 2.40. The van der Waals surface area contributed by atoms with Gasteiger partial charge in [-0.25, -0.2) is 0 Å². The van der Waals surface area contributed by atoms with E-state index < -0.39 is 17.6 Å². The second-order valence-corrected chi connectivity index (χ2v) is 7.86. The molecule has 0 aliphatic heterocycles. The van der Waals surface area contributed by atoms with Gasteiger partial charge in [-0.1, -0.05) is 47.5 Å². The number of halogens is 5. The normalized spacial score (nSPS) is 11.4. The van der Waals surface area contributed by atoms with E-state index in [0.29, 0.717) is 21.5 Å². The molecule has 0 aliphatic carbocycles. The summed E-state index contributed by atoms with van der Waals surface area (Å²) in [6, 6.07) is 16.8. The van der Waals surface area contributed by atoms with Crippen LogP contribution in [0.1, 0.15) is 15.9 Å². The Kier molecular flexibility index (Phi) is 6.10. The molecule has 0 aromatic heterocycles. The molecule has 4 aromatic rings. The third kappa shape index (κ3) is 4.84. The molecule has 33 heavy (non-hydrogen) atoms. The molecule has 168 valence electrons. The number of carbonyl (C=O) groups is 1. The van der Waals surface area contributed by atoms with Crippen LogP contribution in [0.5, 0.6) is 17.2 Å². The number of carbonyl (C=O) groups excluding carboxylic acids is 1. The summed E-state index contributed by atoms with van der Waals surface area (Å²) >= 11 is 12.1. The first-order valence-corrected chi connectivity index (χ1v) is 10.3. The zero-order valence-corrected chi connectivity index (χ0v) is 18.1. The fourth-order valence-electron chi connectivity index (χ4n) is 3.21. The summed E-state index contributed by atoms with van der Waals surface area (Å²) in [5, 5.41) is 14.3. The summed E-state index contributed by atoms with van der Waals surface area (Å²) in [6.45, 7) is 0. The van der Waals surface area contributed by atoms with E-state index in [1.165, 1.54) is 18.2 Å². The highest BCUT2D eigenvalue weighted by Gasteiger charge is 2.31. The lowest BCUT2D eigenvalue weighted by Gasteiger charge is -2.17. The molecule has 2 N–H and O–H groups in total. The molecule has 0 heterocycles. The van der Waals surface area contributed by atoms with E-state index in [1.54, 1.807) is 36.4 Å². The number of ether oxygens (including phenoxy) is 1. The molecular weight excluding hydrogens is 478 g/mol. The molecule has 4 nitrogen and oxygen atoms in total. The minimum Gasteiger partial charge on any atom is -0.507 e. The number of phenolic OH excluding ortho intramolecular Hbond substituents is 1. The molecule has 1 amide bonds. The van der Waals surface area contributed by atoms with E-state index in [0.717, 1.165) is 18.2 Å². The molecular formula is C24H14Cl2F3NO3. The fourth-order valence-corrected chi connectivity index (χ4v) is 3.61. The smallest absolute Gasteiger partial charge is 0.416 e. The molecule has 0 spiro atoms. The number of aromatic hydroxyl groups is 1. The number of hydrogen-bond acceptors (Lipinski definition) is 3. The lowest BCUT2D eigenvalue weighted by Crippen LogP contribution is -2.14. The number of rotatable bonds is 4. The van der Waals surface area contributed by atoms with Crippen molar-refractivity contribution in [2.75, 3.05) is 5.32 Å². The molecule has 0 unspecified atom stereocenters. The van der Waals surface area contributed by atoms with Crippen LogP contribution in [0, 0.1) is 0 Å². The number of benzene rings is 4. The molecule has 0 saturated carbocycles. The Morgan fingerprint density at radius 2 is 1.58 bits per heavy atom. The van der Waals surface area contributed by atoms with Gasteiger partial charge in [-0.15, -0.1) is 0 Å². The van der Waals surface area contributed by atoms with Crippen LogP contribution in [-0.4, -0.2) is 11.0 Å². The van der Waals surface area contributed by atoms with E-state index in [-0.39, 0.29) is 27.8 Å². The molecule has 0 radical (unpaired) electrons. The maximum Gasteiger partial charge on any atom is 0.416 e. The van der Waals surface area contributed by atoms with Gasteiger partial charge >= 0.3 is 6.18 Å². The zero-order chi connectivity index (χ0) is 23.8. The van der Waals surface area contributed by atoms with Crippen LogP contribution in [0.4, 0.5) is 18.9 Å². The van der Waals surface area contributed by atoms with Gasteiger partial charge in [0, 0.05) is 20.8 Å². The lowest BCUT2D eigenvalue weighted by atomic mass is 10.1. The number of hydrogen-bond donors (Lipinski definition) is 2. The molecule has 0 atom stereocenters. The van der Waals surface area contributed by atoms with Crippen molar-refractivity contribution in [2.45, 2.75) is 6.18 Å². The van der Waals surface area contributed by atoms with Crippen LogP contribution in [0.25, 0.3) is 10.8 Å². The maximum absolute atomic E-state index is 13.3. The summed E-state index contributed by atoms with van der Waals surface area (Å²) in [5.41, 5.74) is -1.43. The minimum absolute atomic E-state index is 0.0367. The largest absolute Gasteiger partial charge is 0.507 e. The average molecular weight is 492 g/mol. The predicted molar refractivity (Wildman–Crippen MR) is 122 cm³/mol. The Hall–Kier alpha value is -3.42. The quantitative estimate of drug-likeness (QED) is 0.304.